The van der Waals surface area contributed by atoms with Crippen LogP contribution in [0.1, 0.15) is 55.8 Å². The van der Waals surface area contributed by atoms with Gasteiger partial charge >= 0.3 is 0 Å². The third kappa shape index (κ3) is 6.20. The maximum absolute atomic E-state index is 12.0. The van der Waals surface area contributed by atoms with Crippen LogP contribution >= 0.6 is 0 Å². The van der Waals surface area contributed by atoms with Gasteiger partial charge < -0.3 is 9.47 Å². The molecule has 0 aliphatic carbocycles. The quantitative estimate of drug-likeness (QED) is 0.448. The number of carbonyl (C=O) groups is 1. The van der Waals surface area contributed by atoms with Crippen LogP contribution in [0, 0.1) is 0 Å². The fraction of sp³-hybridized carbons (Fsp3) is 0.588. The molecule has 0 aromatic heterocycles. The Bertz CT molecular complexity index is 388. The Morgan fingerprint density at radius 3 is 2.50 bits per heavy atom. The highest BCUT2D eigenvalue weighted by atomic mass is 16.5. The predicted octanol–water partition coefficient (Wildman–Crippen LogP) is 4.26. The van der Waals surface area contributed by atoms with E-state index in [0.717, 1.165) is 6.42 Å². The lowest BCUT2D eigenvalue weighted by atomic mass is 10.1. The van der Waals surface area contributed by atoms with E-state index in [9.17, 15) is 4.79 Å². The number of methoxy groups -OCH3 is 1. The number of Topliss-reactive ketones (excluding diaryl/α,β-unsaturated/α-hetero) is 1. The highest BCUT2D eigenvalue weighted by molar-refractivity contribution is 5.99. The van der Waals surface area contributed by atoms with E-state index in [1.165, 1.54) is 32.1 Å². The summed E-state index contributed by atoms with van der Waals surface area (Å²) in [5.41, 5.74) is 0.595. The fourth-order valence-corrected chi connectivity index (χ4v) is 2.10. The van der Waals surface area contributed by atoms with Gasteiger partial charge in [0, 0.05) is 6.61 Å². The van der Waals surface area contributed by atoms with E-state index >= 15 is 0 Å². The minimum atomic E-state index is -0.0200. The van der Waals surface area contributed by atoms with Crippen molar-refractivity contribution in [2.24, 2.45) is 0 Å². The van der Waals surface area contributed by atoms with Crippen molar-refractivity contribution in [3.63, 3.8) is 0 Å². The lowest BCUT2D eigenvalue weighted by Gasteiger charge is -2.07. The standard InChI is InChI=1S/C17H26O3/c1-3-4-5-6-7-10-13-20-14-16(18)15-11-8-9-12-17(15)19-2/h8-9,11-12H,3-7,10,13-14H2,1-2H3. The molecule has 0 bridgehead atoms. The molecule has 20 heavy (non-hydrogen) atoms. The Hall–Kier alpha value is -1.35. The lowest BCUT2D eigenvalue weighted by molar-refractivity contribution is 0.0749. The average Bonchev–Trinajstić information content (AvgIpc) is 2.49. The first-order chi connectivity index (χ1) is 9.79. The number of para-hydroxylation sites is 1. The Balaban J connectivity index is 2.17. The second-order valence-corrected chi connectivity index (χ2v) is 4.94. The summed E-state index contributed by atoms with van der Waals surface area (Å²) >= 11 is 0. The van der Waals surface area contributed by atoms with E-state index in [0.29, 0.717) is 17.9 Å². The van der Waals surface area contributed by atoms with E-state index in [1.807, 2.05) is 12.1 Å². The van der Waals surface area contributed by atoms with E-state index in [-0.39, 0.29) is 12.4 Å². The second-order valence-electron chi connectivity index (χ2n) is 4.94. The third-order valence-electron chi connectivity index (χ3n) is 3.28. The van der Waals surface area contributed by atoms with Crippen molar-refractivity contribution in [2.75, 3.05) is 20.3 Å². The number of rotatable bonds is 11. The first-order valence-electron chi connectivity index (χ1n) is 7.53. The highest BCUT2D eigenvalue weighted by Crippen LogP contribution is 2.17. The van der Waals surface area contributed by atoms with Crippen LogP contribution in [-0.2, 0) is 4.74 Å². The summed E-state index contributed by atoms with van der Waals surface area (Å²) in [7, 11) is 1.57. The molecule has 0 atom stereocenters. The number of hydrogen-bond donors (Lipinski definition) is 0. The molecule has 0 spiro atoms. The van der Waals surface area contributed by atoms with Gasteiger partial charge in [0.05, 0.1) is 12.7 Å². The Kier molecular flexibility index (Phi) is 8.72. The minimum absolute atomic E-state index is 0.0200. The molecule has 1 aromatic carbocycles. The van der Waals surface area contributed by atoms with Gasteiger partial charge in [0.25, 0.3) is 0 Å². The van der Waals surface area contributed by atoms with Crippen molar-refractivity contribution < 1.29 is 14.3 Å². The normalized spacial score (nSPS) is 10.5. The molecular formula is C17H26O3. The zero-order valence-corrected chi connectivity index (χ0v) is 12.7. The molecule has 0 radical (unpaired) electrons. The van der Waals surface area contributed by atoms with E-state index in [4.69, 9.17) is 9.47 Å². The summed E-state index contributed by atoms with van der Waals surface area (Å²) in [5, 5.41) is 0. The molecule has 0 aliphatic rings. The average molecular weight is 278 g/mol. The fourth-order valence-electron chi connectivity index (χ4n) is 2.10. The van der Waals surface area contributed by atoms with Crippen molar-refractivity contribution in [1.82, 2.24) is 0 Å². The van der Waals surface area contributed by atoms with Crippen LogP contribution in [0.25, 0.3) is 0 Å². The Morgan fingerprint density at radius 2 is 1.75 bits per heavy atom. The summed E-state index contributed by atoms with van der Waals surface area (Å²) in [5.74, 6) is 0.592. The van der Waals surface area contributed by atoms with Gasteiger partial charge in [-0.25, -0.2) is 0 Å². The van der Waals surface area contributed by atoms with Crippen LogP contribution in [0.3, 0.4) is 0 Å². The molecule has 0 saturated carbocycles. The molecule has 0 fully saturated rings. The van der Waals surface area contributed by atoms with Gasteiger partial charge in [-0.15, -0.1) is 0 Å². The van der Waals surface area contributed by atoms with Crippen LogP contribution in [-0.4, -0.2) is 26.1 Å². The summed E-state index contributed by atoms with van der Waals surface area (Å²) in [6, 6.07) is 7.26. The van der Waals surface area contributed by atoms with Gasteiger partial charge in [0.2, 0.25) is 0 Å². The van der Waals surface area contributed by atoms with Crippen LogP contribution in [0.5, 0.6) is 5.75 Å². The number of hydrogen-bond acceptors (Lipinski definition) is 3. The van der Waals surface area contributed by atoms with Crippen LogP contribution in [0.15, 0.2) is 24.3 Å². The number of ether oxygens (including phenoxy) is 2. The van der Waals surface area contributed by atoms with Gasteiger partial charge in [0.1, 0.15) is 12.4 Å². The maximum atomic E-state index is 12.0. The first-order valence-corrected chi connectivity index (χ1v) is 7.53. The van der Waals surface area contributed by atoms with Crippen LogP contribution in [0.4, 0.5) is 0 Å². The molecule has 1 aromatic rings. The van der Waals surface area contributed by atoms with Crippen molar-refractivity contribution in [2.45, 2.75) is 45.4 Å². The smallest absolute Gasteiger partial charge is 0.192 e. The topological polar surface area (TPSA) is 35.5 Å². The van der Waals surface area contributed by atoms with Crippen molar-refractivity contribution in [3.05, 3.63) is 29.8 Å². The number of benzene rings is 1. The molecule has 112 valence electrons. The molecule has 0 amide bonds. The van der Waals surface area contributed by atoms with Gasteiger partial charge in [-0.3, -0.25) is 4.79 Å². The molecule has 0 N–H and O–H groups in total. The maximum Gasteiger partial charge on any atom is 0.192 e. The van der Waals surface area contributed by atoms with E-state index in [2.05, 4.69) is 6.92 Å². The molecule has 0 aliphatic heterocycles. The molecule has 3 heteroatoms. The molecule has 1 rings (SSSR count). The van der Waals surface area contributed by atoms with Gasteiger partial charge in [0.15, 0.2) is 5.78 Å². The summed E-state index contributed by atoms with van der Waals surface area (Å²) < 4.78 is 10.6. The Morgan fingerprint density at radius 1 is 1.05 bits per heavy atom. The number of ketones is 1. The number of carbonyl (C=O) groups excluding carboxylic acids is 1. The van der Waals surface area contributed by atoms with Crippen molar-refractivity contribution in [1.29, 1.82) is 0 Å². The van der Waals surface area contributed by atoms with Crippen LogP contribution < -0.4 is 4.74 Å². The monoisotopic (exact) mass is 278 g/mol. The zero-order valence-electron chi connectivity index (χ0n) is 12.7. The molecule has 3 nitrogen and oxygen atoms in total. The molecular weight excluding hydrogens is 252 g/mol. The summed E-state index contributed by atoms with van der Waals surface area (Å²) in [6.07, 6.45) is 7.36. The van der Waals surface area contributed by atoms with E-state index in [1.54, 1.807) is 19.2 Å². The minimum Gasteiger partial charge on any atom is -0.496 e. The molecule has 0 heterocycles. The Labute approximate surface area is 122 Å². The zero-order chi connectivity index (χ0) is 14.6. The summed E-state index contributed by atoms with van der Waals surface area (Å²) in [4.78, 5) is 12.0. The highest BCUT2D eigenvalue weighted by Gasteiger charge is 2.11. The third-order valence-corrected chi connectivity index (χ3v) is 3.28. The SMILES string of the molecule is CCCCCCCCOCC(=O)c1ccccc1OC. The largest absolute Gasteiger partial charge is 0.496 e. The van der Waals surface area contributed by atoms with Crippen molar-refractivity contribution in [3.8, 4) is 5.75 Å². The summed E-state index contributed by atoms with van der Waals surface area (Å²) in [6.45, 7) is 3.01. The van der Waals surface area contributed by atoms with Gasteiger partial charge in [-0.05, 0) is 18.6 Å². The second kappa shape index (κ2) is 10.4. The van der Waals surface area contributed by atoms with Crippen molar-refractivity contribution >= 4 is 5.78 Å². The van der Waals surface area contributed by atoms with Crippen LogP contribution in [0.2, 0.25) is 0 Å². The lowest BCUT2D eigenvalue weighted by Crippen LogP contribution is -2.11. The van der Waals surface area contributed by atoms with E-state index < -0.39 is 0 Å². The number of unbranched alkanes of at least 4 members (excludes halogenated alkanes) is 5. The van der Waals surface area contributed by atoms with Gasteiger partial charge in [-0.1, -0.05) is 51.2 Å². The molecule has 0 saturated heterocycles. The first kappa shape index (κ1) is 16.7. The predicted molar refractivity (Wildman–Crippen MR) is 81.5 cm³/mol. The van der Waals surface area contributed by atoms with Gasteiger partial charge in [-0.2, -0.15) is 0 Å². The molecule has 0 unspecified atom stereocenters.